The Morgan fingerprint density at radius 2 is 2.08 bits per heavy atom. The van der Waals surface area contributed by atoms with E-state index in [-0.39, 0.29) is 0 Å². The second kappa shape index (κ2) is 8.79. The van der Waals surface area contributed by atoms with Gasteiger partial charge in [-0.25, -0.2) is 0 Å². The second-order valence-corrected chi connectivity index (χ2v) is 3.23. The molecule has 0 saturated carbocycles. The zero-order valence-corrected chi connectivity index (χ0v) is 8.51. The van der Waals surface area contributed by atoms with E-state index in [9.17, 15) is 0 Å². The van der Waals surface area contributed by atoms with E-state index in [4.69, 9.17) is 4.74 Å². The number of methoxy groups -OCH3 is 1. The summed E-state index contributed by atoms with van der Waals surface area (Å²) in [5, 5.41) is 0. The highest BCUT2D eigenvalue weighted by Gasteiger charge is 2.03. The Morgan fingerprint density at radius 3 is 2.58 bits per heavy atom. The van der Waals surface area contributed by atoms with Crippen molar-refractivity contribution in [3.8, 4) is 0 Å². The first-order valence-corrected chi connectivity index (χ1v) is 4.98. The van der Waals surface area contributed by atoms with Crippen molar-refractivity contribution < 1.29 is 4.74 Å². The Balaban J connectivity index is 3.25. The third kappa shape index (κ3) is 6.41. The highest BCUT2D eigenvalue weighted by molar-refractivity contribution is 4.73. The topological polar surface area (TPSA) is 9.23 Å². The average molecular weight is 170 g/mol. The van der Waals surface area contributed by atoms with E-state index in [0.717, 1.165) is 6.42 Å². The van der Waals surface area contributed by atoms with Crippen molar-refractivity contribution in [3.63, 3.8) is 0 Å². The summed E-state index contributed by atoms with van der Waals surface area (Å²) in [5.74, 6) is 0. The van der Waals surface area contributed by atoms with E-state index in [1.807, 2.05) is 6.08 Å². The molecule has 0 saturated heterocycles. The van der Waals surface area contributed by atoms with Crippen LogP contribution in [0.1, 0.15) is 45.4 Å². The molecule has 0 fully saturated rings. The van der Waals surface area contributed by atoms with Crippen LogP contribution in [0.25, 0.3) is 0 Å². The first-order valence-electron chi connectivity index (χ1n) is 4.98. The van der Waals surface area contributed by atoms with Crippen LogP contribution in [0, 0.1) is 0 Å². The van der Waals surface area contributed by atoms with Gasteiger partial charge >= 0.3 is 0 Å². The lowest BCUT2D eigenvalue weighted by atomic mass is 10.1. The van der Waals surface area contributed by atoms with Crippen LogP contribution in [0.5, 0.6) is 0 Å². The van der Waals surface area contributed by atoms with Crippen LogP contribution >= 0.6 is 0 Å². The lowest BCUT2D eigenvalue weighted by molar-refractivity contribution is 0.0953. The van der Waals surface area contributed by atoms with E-state index in [0.29, 0.717) is 6.10 Å². The molecular formula is C11H22O. The number of hydrogen-bond acceptors (Lipinski definition) is 1. The molecule has 0 aliphatic rings. The van der Waals surface area contributed by atoms with Crippen LogP contribution in [0.4, 0.5) is 0 Å². The summed E-state index contributed by atoms with van der Waals surface area (Å²) < 4.78 is 5.30. The number of hydrogen-bond donors (Lipinski definition) is 0. The molecule has 0 heterocycles. The number of rotatable bonds is 8. The molecule has 1 unspecified atom stereocenters. The van der Waals surface area contributed by atoms with Crippen molar-refractivity contribution >= 4 is 0 Å². The minimum Gasteiger partial charge on any atom is -0.381 e. The predicted molar refractivity (Wildman–Crippen MR) is 54.4 cm³/mol. The van der Waals surface area contributed by atoms with Crippen molar-refractivity contribution in [2.24, 2.45) is 0 Å². The first-order chi connectivity index (χ1) is 5.85. The van der Waals surface area contributed by atoms with Crippen molar-refractivity contribution in [3.05, 3.63) is 12.7 Å². The van der Waals surface area contributed by atoms with Crippen molar-refractivity contribution in [1.82, 2.24) is 0 Å². The largest absolute Gasteiger partial charge is 0.381 e. The van der Waals surface area contributed by atoms with E-state index >= 15 is 0 Å². The lowest BCUT2D eigenvalue weighted by Crippen LogP contribution is -2.08. The summed E-state index contributed by atoms with van der Waals surface area (Å²) >= 11 is 0. The molecule has 72 valence electrons. The fourth-order valence-corrected chi connectivity index (χ4v) is 1.32. The second-order valence-electron chi connectivity index (χ2n) is 3.23. The van der Waals surface area contributed by atoms with Crippen LogP contribution in [0.2, 0.25) is 0 Å². The Morgan fingerprint density at radius 1 is 1.33 bits per heavy atom. The molecule has 0 radical (unpaired) electrons. The molecular weight excluding hydrogens is 148 g/mol. The zero-order chi connectivity index (χ0) is 9.23. The third-order valence-corrected chi connectivity index (χ3v) is 2.14. The van der Waals surface area contributed by atoms with Crippen molar-refractivity contribution in [2.45, 2.75) is 51.6 Å². The first kappa shape index (κ1) is 11.7. The fraction of sp³-hybridized carbons (Fsp3) is 0.818. The highest BCUT2D eigenvalue weighted by atomic mass is 16.5. The zero-order valence-electron chi connectivity index (χ0n) is 8.51. The lowest BCUT2D eigenvalue weighted by Gasteiger charge is -2.12. The Hall–Kier alpha value is -0.300. The van der Waals surface area contributed by atoms with Crippen LogP contribution in [0.3, 0.4) is 0 Å². The maximum Gasteiger partial charge on any atom is 0.0605 e. The van der Waals surface area contributed by atoms with Gasteiger partial charge in [0.05, 0.1) is 6.10 Å². The molecule has 0 aromatic rings. The van der Waals surface area contributed by atoms with Crippen molar-refractivity contribution in [2.75, 3.05) is 7.11 Å². The van der Waals surface area contributed by atoms with Gasteiger partial charge in [0.25, 0.3) is 0 Å². The van der Waals surface area contributed by atoms with E-state index < -0.39 is 0 Å². The standard InChI is InChI=1S/C11H22O/c1-4-6-7-8-10-11(12-3)9-5-2/h5,11H,2,4,6-10H2,1,3H3. The van der Waals surface area contributed by atoms with Gasteiger partial charge in [0, 0.05) is 7.11 Å². The summed E-state index contributed by atoms with van der Waals surface area (Å²) in [6.07, 6.45) is 9.80. The summed E-state index contributed by atoms with van der Waals surface area (Å²) in [5.41, 5.74) is 0. The van der Waals surface area contributed by atoms with Gasteiger partial charge in [-0.1, -0.05) is 38.7 Å². The van der Waals surface area contributed by atoms with Crippen molar-refractivity contribution in [1.29, 1.82) is 0 Å². The van der Waals surface area contributed by atoms with Gasteiger partial charge < -0.3 is 4.74 Å². The maximum absolute atomic E-state index is 5.30. The molecule has 1 atom stereocenters. The minimum absolute atomic E-state index is 0.402. The Bertz CT molecular complexity index is 99.2. The van der Waals surface area contributed by atoms with Gasteiger partial charge in [-0.05, 0) is 12.8 Å². The highest BCUT2D eigenvalue weighted by Crippen LogP contribution is 2.10. The molecule has 0 N–H and O–H groups in total. The van der Waals surface area contributed by atoms with Gasteiger partial charge in [0.15, 0.2) is 0 Å². The molecule has 0 rings (SSSR count). The molecule has 0 aliphatic carbocycles. The fourth-order valence-electron chi connectivity index (χ4n) is 1.32. The predicted octanol–water partition coefficient (Wildman–Crippen LogP) is 3.55. The molecule has 12 heavy (non-hydrogen) atoms. The molecule has 0 aromatic carbocycles. The third-order valence-electron chi connectivity index (χ3n) is 2.14. The molecule has 1 nitrogen and oxygen atoms in total. The van der Waals surface area contributed by atoms with Gasteiger partial charge in [-0.15, -0.1) is 6.58 Å². The van der Waals surface area contributed by atoms with E-state index in [2.05, 4.69) is 13.5 Å². The molecule has 0 aliphatic heterocycles. The van der Waals surface area contributed by atoms with Gasteiger partial charge in [-0.3, -0.25) is 0 Å². The monoisotopic (exact) mass is 170 g/mol. The van der Waals surface area contributed by atoms with E-state index in [1.165, 1.54) is 32.1 Å². The average Bonchev–Trinajstić information content (AvgIpc) is 2.10. The van der Waals surface area contributed by atoms with E-state index in [1.54, 1.807) is 7.11 Å². The SMILES string of the molecule is C=CCC(CCCCCC)OC. The Kier molecular flexibility index (Phi) is 8.57. The molecule has 0 amide bonds. The van der Waals surface area contributed by atoms with Gasteiger partial charge in [0.1, 0.15) is 0 Å². The normalized spacial score (nSPS) is 12.8. The summed E-state index contributed by atoms with van der Waals surface area (Å²) in [7, 11) is 1.79. The summed E-state index contributed by atoms with van der Waals surface area (Å²) in [6.45, 7) is 5.95. The minimum atomic E-state index is 0.402. The summed E-state index contributed by atoms with van der Waals surface area (Å²) in [4.78, 5) is 0. The Labute approximate surface area is 76.8 Å². The maximum atomic E-state index is 5.30. The van der Waals surface area contributed by atoms with Crippen LogP contribution in [-0.4, -0.2) is 13.2 Å². The quantitative estimate of drug-likeness (QED) is 0.400. The molecule has 0 aromatic heterocycles. The van der Waals surface area contributed by atoms with Crippen LogP contribution < -0.4 is 0 Å². The van der Waals surface area contributed by atoms with Crippen LogP contribution in [0.15, 0.2) is 12.7 Å². The van der Waals surface area contributed by atoms with Gasteiger partial charge in [0.2, 0.25) is 0 Å². The van der Waals surface area contributed by atoms with Gasteiger partial charge in [-0.2, -0.15) is 0 Å². The summed E-state index contributed by atoms with van der Waals surface area (Å²) in [6, 6.07) is 0. The van der Waals surface area contributed by atoms with Crippen LogP contribution in [-0.2, 0) is 4.74 Å². The smallest absolute Gasteiger partial charge is 0.0605 e. The molecule has 0 bridgehead atoms. The molecule has 0 spiro atoms. The number of ether oxygens (including phenoxy) is 1. The molecule has 1 heteroatoms. The number of unbranched alkanes of at least 4 members (excludes halogenated alkanes) is 3.